The molecule has 7 atom stereocenters. The summed E-state index contributed by atoms with van der Waals surface area (Å²) in [5.74, 6) is -0.347. The highest BCUT2D eigenvalue weighted by Crippen LogP contribution is 2.47. The Kier molecular flexibility index (Phi) is 2.23. The van der Waals surface area contributed by atoms with Gasteiger partial charge in [0.2, 0.25) is 0 Å². The van der Waals surface area contributed by atoms with Crippen LogP contribution in [0, 0.1) is 5.92 Å². The minimum absolute atomic E-state index is 0.123. The van der Waals surface area contributed by atoms with Crippen molar-refractivity contribution in [3.63, 3.8) is 0 Å². The van der Waals surface area contributed by atoms with Gasteiger partial charge in [0.05, 0.1) is 17.7 Å². The van der Waals surface area contributed by atoms with Crippen LogP contribution in [0.5, 0.6) is 0 Å². The maximum Gasteiger partial charge on any atom is 0.190 e. The van der Waals surface area contributed by atoms with Gasteiger partial charge in [-0.1, -0.05) is 5.16 Å². The number of hydrogen-bond acceptors (Lipinski definition) is 6. The van der Waals surface area contributed by atoms with Gasteiger partial charge in [-0.2, -0.15) is 0 Å². The van der Waals surface area contributed by atoms with Crippen LogP contribution in [0.2, 0.25) is 0 Å². The summed E-state index contributed by atoms with van der Waals surface area (Å²) in [7, 11) is 0. The molecule has 1 saturated carbocycles. The molecule has 0 unspecified atom stereocenters. The van der Waals surface area contributed by atoms with Crippen LogP contribution >= 0.6 is 0 Å². The number of oxime groups is 1. The van der Waals surface area contributed by atoms with Gasteiger partial charge in [-0.25, -0.2) is 0 Å². The molecule has 0 aromatic heterocycles. The lowest BCUT2D eigenvalue weighted by molar-refractivity contribution is -0.220. The molecule has 0 aromatic carbocycles. The number of fused-ring (bicyclic) bond motifs is 4. The summed E-state index contributed by atoms with van der Waals surface area (Å²) < 4.78 is 24.1. The van der Waals surface area contributed by atoms with E-state index in [1.165, 1.54) is 0 Å². The van der Waals surface area contributed by atoms with Crippen molar-refractivity contribution in [1.29, 1.82) is 0 Å². The van der Waals surface area contributed by atoms with Gasteiger partial charge in [0.25, 0.3) is 0 Å². The topological polar surface area (TPSA) is 58.5 Å². The van der Waals surface area contributed by atoms with E-state index < -0.39 is 5.79 Å². The zero-order valence-corrected chi connectivity index (χ0v) is 11.7. The van der Waals surface area contributed by atoms with Crippen molar-refractivity contribution in [2.24, 2.45) is 11.1 Å². The lowest BCUT2D eigenvalue weighted by Gasteiger charge is -2.41. The summed E-state index contributed by atoms with van der Waals surface area (Å²) in [4.78, 5) is 5.59. The summed E-state index contributed by atoms with van der Waals surface area (Å²) in [6.45, 7) is 3.81. The van der Waals surface area contributed by atoms with E-state index in [0.717, 1.165) is 25.0 Å². The van der Waals surface area contributed by atoms with Crippen molar-refractivity contribution in [2.75, 3.05) is 0 Å². The standard InChI is InChI=1S/C14H19NO5/c1-14(2)18-12-11-10(17-13(12)19-14)9-8-6(16-11)4-3-5-7(8)20-15-9/h6-8,10-13H,3-5H2,1-2H3/t6-,7+,8-,10+,11-,12+,13+/m0/s1. The van der Waals surface area contributed by atoms with Gasteiger partial charge < -0.3 is 23.8 Å². The largest absolute Gasteiger partial charge is 0.392 e. The Morgan fingerprint density at radius 2 is 1.90 bits per heavy atom. The van der Waals surface area contributed by atoms with E-state index in [-0.39, 0.29) is 42.7 Å². The Morgan fingerprint density at radius 3 is 2.80 bits per heavy atom. The predicted molar refractivity (Wildman–Crippen MR) is 67.0 cm³/mol. The summed E-state index contributed by atoms with van der Waals surface area (Å²) in [5.41, 5.74) is 1.01. The molecule has 110 valence electrons. The minimum atomic E-state index is -0.608. The molecule has 20 heavy (non-hydrogen) atoms. The molecule has 0 amide bonds. The second kappa shape index (κ2) is 3.74. The number of hydrogen-bond donors (Lipinski definition) is 0. The first-order valence-corrected chi connectivity index (χ1v) is 7.52. The Labute approximate surface area is 117 Å². The van der Waals surface area contributed by atoms with Crippen LogP contribution in [0.1, 0.15) is 33.1 Å². The summed E-state index contributed by atoms with van der Waals surface area (Å²) in [6.07, 6.45) is 2.78. The monoisotopic (exact) mass is 281 g/mol. The van der Waals surface area contributed by atoms with E-state index in [2.05, 4.69) is 5.16 Å². The molecule has 0 spiro atoms. The van der Waals surface area contributed by atoms with Gasteiger partial charge in [-0.3, -0.25) is 0 Å². The third kappa shape index (κ3) is 1.45. The van der Waals surface area contributed by atoms with Gasteiger partial charge in [-0.05, 0) is 33.1 Å². The zero-order chi connectivity index (χ0) is 13.5. The first kappa shape index (κ1) is 11.9. The first-order chi connectivity index (χ1) is 9.62. The summed E-state index contributed by atoms with van der Waals surface area (Å²) in [5, 5.41) is 4.31. The third-order valence-corrected chi connectivity index (χ3v) is 5.03. The third-order valence-electron chi connectivity index (χ3n) is 5.03. The molecule has 3 saturated heterocycles. The molecule has 5 rings (SSSR count). The van der Waals surface area contributed by atoms with Crippen molar-refractivity contribution >= 4 is 5.71 Å². The highest BCUT2D eigenvalue weighted by atomic mass is 16.8. The molecule has 6 heteroatoms. The van der Waals surface area contributed by atoms with Crippen molar-refractivity contribution in [1.82, 2.24) is 0 Å². The van der Waals surface area contributed by atoms with Crippen molar-refractivity contribution in [2.45, 2.75) is 75.7 Å². The lowest BCUT2D eigenvalue weighted by atomic mass is 9.77. The van der Waals surface area contributed by atoms with E-state index >= 15 is 0 Å². The Hall–Kier alpha value is -0.690. The predicted octanol–water partition coefficient (Wildman–Crippen LogP) is 1.19. The van der Waals surface area contributed by atoms with Crippen molar-refractivity contribution < 1.29 is 23.8 Å². The van der Waals surface area contributed by atoms with Crippen molar-refractivity contribution in [3.05, 3.63) is 0 Å². The lowest BCUT2D eigenvalue weighted by Crippen LogP contribution is -2.55. The normalized spacial score (nSPS) is 54.7. The van der Waals surface area contributed by atoms with E-state index in [0.29, 0.717) is 0 Å². The fourth-order valence-electron chi connectivity index (χ4n) is 4.27. The Balaban J connectivity index is 1.48. The zero-order valence-electron chi connectivity index (χ0n) is 11.7. The van der Waals surface area contributed by atoms with Crippen LogP contribution in [0.25, 0.3) is 0 Å². The minimum Gasteiger partial charge on any atom is -0.392 e. The molecule has 4 fully saturated rings. The number of rotatable bonds is 0. The second-order valence-electron chi connectivity index (χ2n) is 6.78. The van der Waals surface area contributed by atoms with Crippen LogP contribution in [0.3, 0.4) is 0 Å². The van der Waals surface area contributed by atoms with E-state index in [4.69, 9.17) is 23.8 Å². The van der Waals surface area contributed by atoms with Crippen LogP contribution in [0.4, 0.5) is 0 Å². The second-order valence-corrected chi connectivity index (χ2v) is 6.78. The van der Waals surface area contributed by atoms with E-state index in [1.807, 2.05) is 13.8 Å². The van der Waals surface area contributed by atoms with E-state index in [9.17, 15) is 0 Å². The maximum atomic E-state index is 6.31. The molecule has 4 heterocycles. The SMILES string of the molecule is CC1(C)O[C@H]2O[C@@H]3C4=NO[C@@H]5CCC[C@H](O[C@@H]3[C@H]2O1)[C@H]45. The highest BCUT2D eigenvalue weighted by Gasteiger charge is 2.63. The molecule has 0 radical (unpaired) electrons. The van der Waals surface area contributed by atoms with Crippen molar-refractivity contribution in [3.8, 4) is 0 Å². The molecule has 4 aliphatic heterocycles. The summed E-state index contributed by atoms with van der Waals surface area (Å²) in [6, 6.07) is 0. The average Bonchev–Trinajstić information content (AvgIpc) is 3.02. The van der Waals surface area contributed by atoms with Crippen LogP contribution in [-0.4, -0.2) is 48.3 Å². The van der Waals surface area contributed by atoms with Gasteiger partial charge >= 0.3 is 0 Å². The Morgan fingerprint density at radius 1 is 1.05 bits per heavy atom. The molecule has 0 bridgehead atoms. The van der Waals surface area contributed by atoms with Crippen LogP contribution in [-0.2, 0) is 23.8 Å². The molecule has 5 aliphatic rings. The summed E-state index contributed by atoms with van der Waals surface area (Å²) >= 11 is 0. The Bertz CT molecular complexity index is 478. The highest BCUT2D eigenvalue weighted by molar-refractivity contribution is 5.94. The molecule has 1 aliphatic carbocycles. The molecular formula is C14H19NO5. The molecule has 6 nitrogen and oxygen atoms in total. The first-order valence-electron chi connectivity index (χ1n) is 7.52. The maximum absolute atomic E-state index is 6.31. The molecule has 0 aromatic rings. The fourth-order valence-corrected chi connectivity index (χ4v) is 4.27. The van der Waals surface area contributed by atoms with Gasteiger partial charge in [0.15, 0.2) is 12.1 Å². The van der Waals surface area contributed by atoms with Crippen LogP contribution < -0.4 is 0 Å². The quantitative estimate of drug-likeness (QED) is 0.667. The number of ether oxygens (including phenoxy) is 4. The molecule has 0 N–H and O–H groups in total. The average molecular weight is 281 g/mol. The fraction of sp³-hybridized carbons (Fsp3) is 0.929. The molecular weight excluding hydrogens is 262 g/mol. The van der Waals surface area contributed by atoms with Gasteiger partial charge in [-0.15, -0.1) is 0 Å². The van der Waals surface area contributed by atoms with Gasteiger partial charge in [0.1, 0.15) is 24.4 Å². The van der Waals surface area contributed by atoms with Gasteiger partial charge in [0, 0.05) is 0 Å². The van der Waals surface area contributed by atoms with Crippen LogP contribution in [0.15, 0.2) is 5.16 Å². The smallest absolute Gasteiger partial charge is 0.190 e. The van der Waals surface area contributed by atoms with E-state index in [1.54, 1.807) is 0 Å². The number of nitrogens with zero attached hydrogens (tertiary/aromatic N) is 1.